The van der Waals surface area contributed by atoms with Gasteiger partial charge in [0, 0.05) is 11.8 Å². The number of aromatic amines is 1. The second-order valence-corrected chi connectivity index (χ2v) is 6.48. The maximum absolute atomic E-state index is 14.5. The number of fused-ring (bicyclic) bond motifs is 1. The Morgan fingerprint density at radius 3 is 2.39 bits per heavy atom. The summed E-state index contributed by atoms with van der Waals surface area (Å²) in [5, 5.41) is 0. The van der Waals surface area contributed by atoms with Crippen molar-refractivity contribution < 1.29 is 27.2 Å². The van der Waals surface area contributed by atoms with Crippen molar-refractivity contribution in [2.24, 2.45) is 5.92 Å². The molecule has 1 aliphatic heterocycles. The van der Waals surface area contributed by atoms with Gasteiger partial charge in [-0.15, -0.1) is 0 Å². The molecule has 1 aliphatic rings. The van der Waals surface area contributed by atoms with Gasteiger partial charge in [-0.3, -0.25) is 14.5 Å². The summed E-state index contributed by atoms with van der Waals surface area (Å²) in [5.74, 6) is -9.48. The number of imidazole rings is 1. The van der Waals surface area contributed by atoms with Gasteiger partial charge in [-0.25, -0.2) is 22.5 Å². The standard InChI is InChI=1S/C19H13F4N3O2/c1-2-9-17(14-15(22)10(20)6-11(21)16(14)23)26(19(28)18(9)27)8-3-4-12-13(5-8)25-7-24-12/h3-7,9,17H,2H2,1H3,(H,24,25). The summed E-state index contributed by atoms with van der Waals surface area (Å²) in [6.07, 6.45) is 1.47. The Morgan fingerprint density at radius 1 is 1.07 bits per heavy atom. The van der Waals surface area contributed by atoms with E-state index >= 15 is 0 Å². The summed E-state index contributed by atoms with van der Waals surface area (Å²) in [6.45, 7) is 1.55. The fourth-order valence-electron chi connectivity index (χ4n) is 3.67. The molecule has 3 aromatic rings. The molecule has 0 saturated carbocycles. The van der Waals surface area contributed by atoms with Crippen LogP contribution in [-0.4, -0.2) is 21.7 Å². The van der Waals surface area contributed by atoms with E-state index in [4.69, 9.17) is 0 Å². The fourth-order valence-corrected chi connectivity index (χ4v) is 3.67. The van der Waals surface area contributed by atoms with Crippen LogP contribution in [0.3, 0.4) is 0 Å². The third-order valence-corrected chi connectivity index (χ3v) is 4.99. The average molecular weight is 391 g/mol. The number of carbonyl (C=O) groups is 2. The smallest absolute Gasteiger partial charge is 0.295 e. The zero-order valence-corrected chi connectivity index (χ0v) is 14.5. The van der Waals surface area contributed by atoms with Gasteiger partial charge in [0.1, 0.15) is 0 Å². The number of ketones is 1. The molecule has 0 spiro atoms. The highest BCUT2D eigenvalue weighted by Gasteiger charge is 2.50. The molecule has 2 unspecified atom stereocenters. The number of nitrogens with zero attached hydrogens (tertiary/aromatic N) is 2. The zero-order valence-electron chi connectivity index (χ0n) is 14.5. The fraction of sp³-hybridized carbons (Fsp3) is 0.211. The van der Waals surface area contributed by atoms with E-state index < -0.39 is 52.5 Å². The second kappa shape index (κ2) is 6.43. The number of benzene rings is 2. The molecule has 5 nitrogen and oxygen atoms in total. The molecule has 1 aromatic heterocycles. The SMILES string of the molecule is CCC1C(=O)C(=O)N(c2ccc3nc[nH]c3c2)C1c1c(F)c(F)cc(F)c1F. The van der Waals surface area contributed by atoms with E-state index in [1.54, 1.807) is 13.0 Å². The first-order valence-electron chi connectivity index (χ1n) is 8.48. The van der Waals surface area contributed by atoms with Crippen molar-refractivity contribution >= 4 is 28.4 Å². The molecule has 28 heavy (non-hydrogen) atoms. The van der Waals surface area contributed by atoms with Crippen LogP contribution < -0.4 is 4.90 Å². The summed E-state index contributed by atoms with van der Waals surface area (Å²) < 4.78 is 56.6. The normalized spacial score (nSPS) is 19.8. The van der Waals surface area contributed by atoms with Gasteiger partial charge >= 0.3 is 0 Å². The lowest BCUT2D eigenvalue weighted by Crippen LogP contribution is -2.31. The average Bonchev–Trinajstić information content (AvgIpc) is 3.23. The molecular weight excluding hydrogens is 378 g/mol. The minimum atomic E-state index is -1.63. The van der Waals surface area contributed by atoms with Crippen LogP contribution in [0.15, 0.2) is 30.6 Å². The Bertz CT molecular complexity index is 1100. The van der Waals surface area contributed by atoms with Crippen LogP contribution in [0.5, 0.6) is 0 Å². The van der Waals surface area contributed by atoms with Crippen molar-refractivity contribution in [3.63, 3.8) is 0 Å². The minimum absolute atomic E-state index is 0.0506. The van der Waals surface area contributed by atoms with Crippen LogP contribution in [0.1, 0.15) is 24.9 Å². The molecule has 1 saturated heterocycles. The van der Waals surface area contributed by atoms with Gasteiger partial charge in [-0.2, -0.15) is 0 Å². The second-order valence-electron chi connectivity index (χ2n) is 6.48. The number of hydrogen-bond acceptors (Lipinski definition) is 3. The van der Waals surface area contributed by atoms with Gasteiger partial charge in [-0.05, 0) is 24.6 Å². The van der Waals surface area contributed by atoms with Gasteiger partial charge < -0.3 is 4.98 Å². The number of Topliss-reactive ketones (excluding diaryl/α,β-unsaturated/α-hetero) is 1. The van der Waals surface area contributed by atoms with Gasteiger partial charge in [0.05, 0.1) is 34.9 Å². The van der Waals surface area contributed by atoms with Crippen molar-refractivity contribution in [3.8, 4) is 0 Å². The molecule has 0 bridgehead atoms. The Labute approximate surface area is 156 Å². The van der Waals surface area contributed by atoms with Crippen molar-refractivity contribution in [2.45, 2.75) is 19.4 Å². The highest BCUT2D eigenvalue weighted by atomic mass is 19.2. The highest BCUT2D eigenvalue weighted by molar-refractivity contribution is 6.45. The highest BCUT2D eigenvalue weighted by Crippen LogP contribution is 2.44. The first-order chi connectivity index (χ1) is 13.3. The number of H-pyrrole nitrogens is 1. The van der Waals surface area contributed by atoms with Gasteiger partial charge in [0.25, 0.3) is 5.91 Å². The molecule has 0 aliphatic carbocycles. The number of rotatable bonds is 3. The Balaban J connectivity index is 1.96. The van der Waals surface area contributed by atoms with Crippen molar-refractivity contribution in [2.75, 3.05) is 4.90 Å². The lowest BCUT2D eigenvalue weighted by molar-refractivity contribution is -0.135. The third kappa shape index (κ3) is 2.49. The van der Waals surface area contributed by atoms with Gasteiger partial charge in [-0.1, -0.05) is 6.92 Å². The first-order valence-corrected chi connectivity index (χ1v) is 8.48. The maximum atomic E-state index is 14.5. The molecular formula is C19H13F4N3O2. The summed E-state index contributed by atoms with van der Waals surface area (Å²) in [4.78, 5) is 32.9. The summed E-state index contributed by atoms with van der Waals surface area (Å²) in [5.41, 5.74) is 0.259. The number of amides is 1. The predicted molar refractivity (Wildman–Crippen MR) is 91.4 cm³/mol. The number of anilines is 1. The summed E-state index contributed by atoms with van der Waals surface area (Å²) in [6, 6.07) is 3.05. The van der Waals surface area contributed by atoms with E-state index in [1.807, 2.05) is 0 Å². The van der Waals surface area contributed by atoms with Crippen LogP contribution in [0.25, 0.3) is 11.0 Å². The first kappa shape index (κ1) is 18.1. The van der Waals surface area contributed by atoms with E-state index in [1.165, 1.54) is 18.5 Å². The number of carbonyl (C=O) groups excluding carboxylic acids is 2. The predicted octanol–water partition coefficient (Wildman–Crippen LogP) is 3.80. The summed E-state index contributed by atoms with van der Waals surface area (Å²) >= 11 is 0. The monoisotopic (exact) mass is 391 g/mol. The van der Waals surface area contributed by atoms with E-state index in [-0.39, 0.29) is 18.2 Å². The minimum Gasteiger partial charge on any atom is -0.345 e. The molecule has 1 N–H and O–H groups in total. The largest absolute Gasteiger partial charge is 0.345 e. The molecule has 1 amide bonds. The lowest BCUT2D eigenvalue weighted by Gasteiger charge is -2.28. The zero-order chi connectivity index (χ0) is 20.2. The van der Waals surface area contributed by atoms with Gasteiger partial charge in [0.2, 0.25) is 5.78 Å². The number of hydrogen-bond donors (Lipinski definition) is 1. The van der Waals surface area contributed by atoms with Crippen LogP contribution in [-0.2, 0) is 9.59 Å². The molecule has 2 atom stereocenters. The van der Waals surface area contributed by atoms with E-state index in [2.05, 4.69) is 9.97 Å². The van der Waals surface area contributed by atoms with Crippen LogP contribution in [0.4, 0.5) is 23.2 Å². The Morgan fingerprint density at radius 2 is 1.75 bits per heavy atom. The maximum Gasteiger partial charge on any atom is 0.295 e. The van der Waals surface area contributed by atoms with Crippen LogP contribution >= 0.6 is 0 Å². The Kier molecular flexibility index (Phi) is 4.17. The van der Waals surface area contributed by atoms with E-state index in [9.17, 15) is 27.2 Å². The Hall–Kier alpha value is -3.23. The number of halogens is 4. The van der Waals surface area contributed by atoms with Crippen LogP contribution in [0, 0.1) is 29.2 Å². The van der Waals surface area contributed by atoms with E-state index in [0.717, 1.165) is 4.90 Å². The van der Waals surface area contributed by atoms with Crippen LogP contribution in [0.2, 0.25) is 0 Å². The quantitative estimate of drug-likeness (QED) is 0.420. The molecule has 0 radical (unpaired) electrons. The van der Waals surface area contributed by atoms with Crippen molar-refractivity contribution in [3.05, 3.63) is 59.4 Å². The van der Waals surface area contributed by atoms with Crippen molar-refractivity contribution in [1.82, 2.24) is 9.97 Å². The number of aromatic nitrogens is 2. The third-order valence-electron chi connectivity index (χ3n) is 4.99. The topological polar surface area (TPSA) is 66.1 Å². The molecule has 2 aromatic carbocycles. The summed E-state index contributed by atoms with van der Waals surface area (Å²) in [7, 11) is 0. The molecule has 1 fully saturated rings. The molecule has 4 rings (SSSR count). The van der Waals surface area contributed by atoms with Gasteiger partial charge in [0.15, 0.2) is 23.3 Å². The molecule has 2 heterocycles. The molecule has 9 heteroatoms. The van der Waals surface area contributed by atoms with E-state index in [0.29, 0.717) is 11.0 Å². The number of nitrogens with one attached hydrogen (secondary N) is 1. The lowest BCUT2D eigenvalue weighted by atomic mass is 9.89. The molecule has 144 valence electrons. The van der Waals surface area contributed by atoms with Crippen molar-refractivity contribution in [1.29, 1.82) is 0 Å².